The fourth-order valence-electron chi connectivity index (χ4n) is 4.36. The summed E-state index contributed by atoms with van der Waals surface area (Å²) in [7, 11) is 3.95. The Hall–Kier alpha value is -1.01. The molecule has 2 aliphatic heterocycles. The summed E-state index contributed by atoms with van der Waals surface area (Å²) in [5.41, 5.74) is 2.33. The second kappa shape index (κ2) is 8.58. The Balaban J connectivity index is 1.52. The van der Waals surface area contributed by atoms with E-state index in [2.05, 4.69) is 47.0 Å². The Bertz CT molecular complexity index is 553. The van der Waals surface area contributed by atoms with Crippen molar-refractivity contribution >= 4 is 0 Å². The van der Waals surface area contributed by atoms with E-state index >= 15 is 0 Å². The van der Waals surface area contributed by atoms with Gasteiger partial charge in [-0.25, -0.2) is 0 Å². The Labute approximate surface area is 152 Å². The zero-order valence-corrected chi connectivity index (χ0v) is 16.0. The number of likely N-dealkylation sites (N-methyl/N-ethyl adjacent to an activating group) is 1. The van der Waals surface area contributed by atoms with Crippen LogP contribution in [0.1, 0.15) is 30.7 Å². The van der Waals surface area contributed by atoms with Crippen LogP contribution >= 0.6 is 0 Å². The molecule has 2 fully saturated rings. The maximum Gasteiger partial charge on any atom is 0.0813 e. The molecule has 5 nitrogen and oxygen atoms in total. The van der Waals surface area contributed by atoms with E-state index in [-0.39, 0.29) is 5.60 Å². The van der Waals surface area contributed by atoms with Crippen molar-refractivity contribution < 1.29 is 9.47 Å². The number of rotatable bonds is 7. The summed E-state index contributed by atoms with van der Waals surface area (Å²) in [5.74, 6) is 0.638. The predicted octanol–water partition coefficient (Wildman–Crippen LogP) is 2.34. The van der Waals surface area contributed by atoms with Crippen molar-refractivity contribution in [1.82, 2.24) is 14.8 Å². The lowest BCUT2D eigenvalue weighted by molar-refractivity contribution is -0.0538. The number of hydrogen-bond donors (Lipinski definition) is 0. The normalized spacial score (nSPS) is 27.4. The lowest BCUT2D eigenvalue weighted by Crippen LogP contribution is -2.47. The lowest BCUT2D eigenvalue weighted by Gasteiger charge is -2.39. The SMILES string of the molecule is COCCN(C)CC1COC2(CCCN(Cc3cccc(C)n3)C2)C1. The summed E-state index contributed by atoms with van der Waals surface area (Å²) in [6, 6.07) is 6.30. The van der Waals surface area contributed by atoms with Gasteiger partial charge in [0.2, 0.25) is 0 Å². The van der Waals surface area contributed by atoms with E-state index in [1.54, 1.807) is 7.11 Å². The average Bonchev–Trinajstić information content (AvgIpc) is 2.95. The maximum absolute atomic E-state index is 6.37. The molecule has 2 unspecified atom stereocenters. The third-order valence-corrected chi connectivity index (χ3v) is 5.48. The molecule has 0 aliphatic carbocycles. The van der Waals surface area contributed by atoms with Gasteiger partial charge in [0.1, 0.15) is 0 Å². The number of aryl methyl sites for hydroxylation is 1. The van der Waals surface area contributed by atoms with Crippen molar-refractivity contribution in [3.05, 3.63) is 29.6 Å². The van der Waals surface area contributed by atoms with Gasteiger partial charge in [-0.05, 0) is 57.8 Å². The van der Waals surface area contributed by atoms with Crippen LogP contribution in [0.4, 0.5) is 0 Å². The summed E-state index contributed by atoms with van der Waals surface area (Å²) < 4.78 is 11.6. The molecule has 140 valence electrons. The van der Waals surface area contributed by atoms with Crippen molar-refractivity contribution in [2.75, 3.05) is 53.6 Å². The lowest BCUT2D eigenvalue weighted by atomic mass is 9.86. The summed E-state index contributed by atoms with van der Waals surface area (Å²) in [6.45, 7) is 8.98. The summed E-state index contributed by atoms with van der Waals surface area (Å²) in [6.07, 6.45) is 3.60. The molecule has 5 heteroatoms. The standard InChI is InChI=1S/C20H33N3O2/c1-17-6-4-7-19(21-17)14-23-9-5-8-20(16-23)12-18(15-25-20)13-22(2)10-11-24-3/h4,6-7,18H,5,8-16H2,1-3H3. The first-order valence-corrected chi connectivity index (χ1v) is 9.55. The topological polar surface area (TPSA) is 37.8 Å². The zero-order valence-electron chi connectivity index (χ0n) is 16.0. The largest absolute Gasteiger partial charge is 0.383 e. The van der Waals surface area contributed by atoms with Gasteiger partial charge in [0.25, 0.3) is 0 Å². The molecule has 25 heavy (non-hydrogen) atoms. The molecular formula is C20H33N3O2. The number of piperidine rings is 1. The van der Waals surface area contributed by atoms with Crippen LogP contribution in [0.15, 0.2) is 18.2 Å². The molecule has 1 aromatic heterocycles. The molecule has 0 aromatic carbocycles. The molecule has 0 bridgehead atoms. The Kier molecular flexibility index (Phi) is 6.44. The van der Waals surface area contributed by atoms with Gasteiger partial charge >= 0.3 is 0 Å². The molecular weight excluding hydrogens is 314 g/mol. The molecule has 1 aromatic rings. The minimum absolute atomic E-state index is 0.0643. The maximum atomic E-state index is 6.37. The van der Waals surface area contributed by atoms with Gasteiger partial charge < -0.3 is 14.4 Å². The molecule has 3 heterocycles. The fourth-order valence-corrected chi connectivity index (χ4v) is 4.36. The van der Waals surface area contributed by atoms with Crippen molar-refractivity contribution in [3.8, 4) is 0 Å². The first-order chi connectivity index (χ1) is 12.1. The highest BCUT2D eigenvalue weighted by Gasteiger charge is 2.43. The van der Waals surface area contributed by atoms with Crippen LogP contribution in [-0.4, -0.2) is 73.9 Å². The van der Waals surface area contributed by atoms with Crippen LogP contribution in [-0.2, 0) is 16.0 Å². The smallest absolute Gasteiger partial charge is 0.0813 e. The third-order valence-electron chi connectivity index (χ3n) is 5.48. The van der Waals surface area contributed by atoms with Crippen LogP contribution in [0.5, 0.6) is 0 Å². The molecule has 0 N–H and O–H groups in total. The highest BCUT2D eigenvalue weighted by atomic mass is 16.5. The molecule has 3 rings (SSSR count). The van der Waals surface area contributed by atoms with Gasteiger partial charge in [-0.15, -0.1) is 0 Å². The number of pyridine rings is 1. The van der Waals surface area contributed by atoms with E-state index in [4.69, 9.17) is 9.47 Å². The minimum atomic E-state index is 0.0643. The Morgan fingerprint density at radius 2 is 2.32 bits per heavy atom. The van der Waals surface area contributed by atoms with E-state index in [9.17, 15) is 0 Å². The van der Waals surface area contributed by atoms with Crippen molar-refractivity contribution in [3.63, 3.8) is 0 Å². The first-order valence-electron chi connectivity index (χ1n) is 9.55. The van der Waals surface area contributed by atoms with Crippen LogP contribution in [0, 0.1) is 12.8 Å². The second-order valence-corrected chi connectivity index (χ2v) is 7.90. The number of methoxy groups -OCH3 is 1. The van der Waals surface area contributed by atoms with Gasteiger partial charge in [0.15, 0.2) is 0 Å². The quantitative estimate of drug-likeness (QED) is 0.757. The summed E-state index contributed by atoms with van der Waals surface area (Å²) in [5, 5.41) is 0. The van der Waals surface area contributed by atoms with Gasteiger partial charge in [-0.3, -0.25) is 9.88 Å². The highest BCUT2D eigenvalue weighted by Crippen LogP contribution is 2.38. The van der Waals surface area contributed by atoms with Crippen molar-refractivity contribution in [2.45, 2.75) is 38.3 Å². The highest BCUT2D eigenvalue weighted by molar-refractivity contribution is 5.10. The number of hydrogen-bond acceptors (Lipinski definition) is 5. The van der Waals surface area contributed by atoms with E-state index in [1.165, 1.54) is 25.0 Å². The molecule has 2 saturated heterocycles. The van der Waals surface area contributed by atoms with Crippen LogP contribution in [0.3, 0.4) is 0 Å². The van der Waals surface area contributed by atoms with Crippen LogP contribution in [0.2, 0.25) is 0 Å². The summed E-state index contributed by atoms with van der Waals surface area (Å²) in [4.78, 5) is 9.56. The van der Waals surface area contributed by atoms with Gasteiger partial charge in [0, 0.05) is 39.0 Å². The Morgan fingerprint density at radius 1 is 1.44 bits per heavy atom. The van der Waals surface area contributed by atoms with Gasteiger partial charge in [-0.2, -0.15) is 0 Å². The van der Waals surface area contributed by atoms with E-state index in [0.717, 1.165) is 51.6 Å². The minimum Gasteiger partial charge on any atom is -0.383 e. The van der Waals surface area contributed by atoms with E-state index in [1.807, 2.05) is 0 Å². The molecule has 0 radical (unpaired) electrons. The van der Waals surface area contributed by atoms with E-state index < -0.39 is 0 Å². The first kappa shape index (κ1) is 18.8. The molecule has 1 spiro atoms. The number of ether oxygens (including phenoxy) is 2. The predicted molar refractivity (Wildman–Crippen MR) is 99.6 cm³/mol. The third kappa shape index (κ3) is 5.23. The number of nitrogens with zero attached hydrogens (tertiary/aromatic N) is 3. The second-order valence-electron chi connectivity index (χ2n) is 7.90. The molecule has 0 saturated carbocycles. The van der Waals surface area contributed by atoms with Crippen LogP contribution < -0.4 is 0 Å². The monoisotopic (exact) mass is 347 g/mol. The molecule has 2 aliphatic rings. The van der Waals surface area contributed by atoms with E-state index in [0.29, 0.717) is 5.92 Å². The number of likely N-dealkylation sites (tertiary alicyclic amines) is 1. The van der Waals surface area contributed by atoms with Crippen LogP contribution in [0.25, 0.3) is 0 Å². The molecule has 0 amide bonds. The Morgan fingerprint density at radius 3 is 3.12 bits per heavy atom. The van der Waals surface area contributed by atoms with Gasteiger partial charge in [-0.1, -0.05) is 6.07 Å². The number of aromatic nitrogens is 1. The van der Waals surface area contributed by atoms with Gasteiger partial charge in [0.05, 0.1) is 24.5 Å². The summed E-state index contributed by atoms with van der Waals surface area (Å²) >= 11 is 0. The van der Waals surface area contributed by atoms with Crippen molar-refractivity contribution in [2.24, 2.45) is 5.92 Å². The molecule has 2 atom stereocenters. The fraction of sp³-hybridized carbons (Fsp3) is 0.750. The zero-order chi connectivity index (χ0) is 17.7. The van der Waals surface area contributed by atoms with Crippen molar-refractivity contribution in [1.29, 1.82) is 0 Å². The average molecular weight is 348 g/mol.